The molecule has 2 heterocycles. The summed E-state index contributed by atoms with van der Waals surface area (Å²) in [7, 11) is 0. The van der Waals surface area contributed by atoms with Gasteiger partial charge in [-0.3, -0.25) is 4.79 Å². The molecule has 7 nitrogen and oxygen atoms in total. The van der Waals surface area contributed by atoms with Crippen LogP contribution in [0.4, 0.5) is 30.4 Å². The second kappa shape index (κ2) is 9.52. The number of piperazine rings is 1. The number of ether oxygens (including phenoxy) is 1. The molecule has 186 valence electrons. The van der Waals surface area contributed by atoms with Gasteiger partial charge in [0, 0.05) is 61.7 Å². The molecule has 10 heteroatoms. The van der Waals surface area contributed by atoms with Crippen molar-refractivity contribution in [3.8, 4) is 11.6 Å². The molecule has 1 aromatic heterocycles. The Morgan fingerprint density at radius 1 is 1.03 bits per heavy atom. The van der Waals surface area contributed by atoms with Crippen molar-refractivity contribution in [1.82, 2.24) is 14.9 Å². The van der Waals surface area contributed by atoms with Gasteiger partial charge in [-0.25, -0.2) is 13.8 Å². The lowest BCUT2D eigenvalue weighted by Gasteiger charge is -2.35. The molecule has 2 aromatic carbocycles. The third-order valence-corrected chi connectivity index (χ3v) is 6.35. The van der Waals surface area contributed by atoms with Gasteiger partial charge in [-0.15, -0.1) is 0 Å². The molecule has 0 unspecified atom stereocenters. The molecule has 2 aliphatic rings. The van der Waals surface area contributed by atoms with Crippen LogP contribution in [-0.2, 0) is 11.2 Å². The molecule has 3 aromatic rings. The van der Waals surface area contributed by atoms with E-state index in [1.165, 1.54) is 0 Å². The van der Waals surface area contributed by atoms with E-state index in [1.54, 1.807) is 32.1 Å². The molecule has 0 spiro atoms. The first-order chi connectivity index (χ1) is 17.3. The zero-order chi connectivity index (χ0) is 25.4. The summed E-state index contributed by atoms with van der Waals surface area (Å²) < 4.78 is 49.8. The van der Waals surface area contributed by atoms with Crippen LogP contribution in [0.15, 0.2) is 42.2 Å². The van der Waals surface area contributed by atoms with Crippen LogP contribution in [0.5, 0.6) is 11.6 Å². The number of nitrogens with one attached hydrogen (secondary N) is 1. The highest BCUT2D eigenvalue weighted by Gasteiger charge is 2.24. The van der Waals surface area contributed by atoms with E-state index in [0.29, 0.717) is 25.2 Å². The Balaban J connectivity index is 1.30. The highest BCUT2D eigenvalue weighted by Crippen LogP contribution is 2.37. The average molecular weight is 496 g/mol. The van der Waals surface area contributed by atoms with E-state index in [0.717, 1.165) is 36.7 Å². The standard InChI is InChI=1S/C26H24F3N5O2/c1-15-11-19-20(12-15)23(28)22(13-21(19)27)36-26-24(29)25(30-14-31-26)32-17-3-5-18(6-4-17)34-9-7-33(8-10-34)16(2)35/h3-6,12-14H,7-11H2,1-2H3,(H,30,31,32). The first-order valence-corrected chi connectivity index (χ1v) is 11.5. The molecule has 36 heavy (non-hydrogen) atoms. The lowest BCUT2D eigenvalue weighted by atomic mass is 10.1. The predicted octanol–water partition coefficient (Wildman–Crippen LogP) is 5.06. The largest absolute Gasteiger partial charge is 0.433 e. The topological polar surface area (TPSA) is 70.6 Å². The Morgan fingerprint density at radius 2 is 1.75 bits per heavy atom. The Labute approximate surface area is 206 Å². The van der Waals surface area contributed by atoms with Crippen molar-refractivity contribution in [1.29, 1.82) is 0 Å². The lowest BCUT2D eigenvalue weighted by molar-refractivity contribution is -0.129. The molecule has 1 amide bonds. The summed E-state index contributed by atoms with van der Waals surface area (Å²) in [6.07, 6.45) is 2.95. The number of carbonyl (C=O) groups excluding carboxylic acids is 1. The maximum absolute atomic E-state index is 15.1. The molecule has 0 saturated carbocycles. The van der Waals surface area contributed by atoms with E-state index in [1.807, 2.05) is 17.0 Å². The number of halogens is 3. The van der Waals surface area contributed by atoms with Gasteiger partial charge in [0.2, 0.25) is 11.7 Å². The van der Waals surface area contributed by atoms with Crippen molar-refractivity contribution in [3.05, 3.63) is 70.8 Å². The van der Waals surface area contributed by atoms with Crippen molar-refractivity contribution in [2.24, 2.45) is 0 Å². The second-order valence-corrected chi connectivity index (χ2v) is 8.84. The van der Waals surface area contributed by atoms with E-state index in [4.69, 9.17) is 4.74 Å². The van der Waals surface area contributed by atoms with Gasteiger partial charge >= 0.3 is 0 Å². The van der Waals surface area contributed by atoms with Crippen LogP contribution in [0.2, 0.25) is 0 Å². The van der Waals surface area contributed by atoms with Gasteiger partial charge in [-0.2, -0.15) is 9.37 Å². The first kappa shape index (κ1) is 23.7. The van der Waals surface area contributed by atoms with Gasteiger partial charge in [0.1, 0.15) is 12.1 Å². The lowest BCUT2D eigenvalue weighted by Crippen LogP contribution is -2.48. The fourth-order valence-electron chi connectivity index (χ4n) is 4.43. The summed E-state index contributed by atoms with van der Waals surface area (Å²) >= 11 is 0. The number of aromatic nitrogens is 2. The number of rotatable bonds is 5. The monoisotopic (exact) mass is 495 g/mol. The quantitative estimate of drug-likeness (QED) is 0.534. The summed E-state index contributed by atoms with van der Waals surface area (Å²) in [5.41, 5.74) is 2.74. The van der Waals surface area contributed by atoms with Crippen LogP contribution in [-0.4, -0.2) is 47.0 Å². The first-order valence-electron chi connectivity index (χ1n) is 11.5. The summed E-state index contributed by atoms with van der Waals surface area (Å²) in [5, 5.41) is 2.87. The van der Waals surface area contributed by atoms with Crippen molar-refractivity contribution < 1.29 is 22.7 Å². The highest BCUT2D eigenvalue weighted by atomic mass is 19.1. The van der Waals surface area contributed by atoms with Gasteiger partial charge in [-0.05, 0) is 37.6 Å². The minimum absolute atomic E-state index is 0.0698. The maximum atomic E-state index is 15.1. The fourth-order valence-corrected chi connectivity index (χ4v) is 4.43. The summed E-state index contributed by atoms with van der Waals surface area (Å²) in [4.78, 5) is 23.2. The Morgan fingerprint density at radius 3 is 2.44 bits per heavy atom. The van der Waals surface area contributed by atoms with Gasteiger partial charge in [-0.1, -0.05) is 11.6 Å². The van der Waals surface area contributed by atoms with Crippen molar-refractivity contribution in [2.45, 2.75) is 20.3 Å². The molecular formula is C26H24F3N5O2. The molecular weight excluding hydrogens is 471 g/mol. The molecule has 5 rings (SSSR count). The molecule has 1 saturated heterocycles. The van der Waals surface area contributed by atoms with Crippen LogP contribution >= 0.6 is 0 Å². The van der Waals surface area contributed by atoms with Crippen LogP contribution in [0.1, 0.15) is 25.0 Å². The SMILES string of the molecule is CC(=O)N1CCN(c2ccc(Nc3ncnc(Oc4cc(F)c5c(c4F)C=C(C)C5)c3F)cc2)CC1. The molecule has 1 aliphatic heterocycles. The number of benzene rings is 2. The molecule has 1 aliphatic carbocycles. The van der Waals surface area contributed by atoms with Crippen molar-refractivity contribution in [2.75, 3.05) is 36.4 Å². The third kappa shape index (κ3) is 4.58. The number of amides is 1. The number of nitrogens with zero attached hydrogens (tertiary/aromatic N) is 4. The maximum Gasteiger partial charge on any atom is 0.261 e. The number of anilines is 3. The van der Waals surface area contributed by atoms with Gasteiger partial charge in [0.05, 0.1) is 0 Å². The molecule has 0 radical (unpaired) electrons. The van der Waals surface area contributed by atoms with Crippen LogP contribution < -0.4 is 15.0 Å². The highest BCUT2D eigenvalue weighted by molar-refractivity contribution is 5.73. The molecule has 0 atom stereocenters. The van der Waals surface area contributed by atoms with Gasteiger partial charge in [0.25, 0.3) is 5.88 Å². The Kier molecular flexibility index (Phi) is 6.26. The average Bonchev–Trinajstić information content (AvgIpc) is 3.28. The van der Waals surface area contributed by atoms with Crippen LogP contribution in [0.25, 0.3) is 6.08 Å². The predicted molar refractivity (Wildman–Crippen MR) is 130 cm³/mol. The number of hydrogen-bond acceptors (Lipinski definition) is 6. The zero-order valence-electron chi connectivity index (χ0n) is 19.8. The number of allylic oxidation sites excluding steroid dienone is 1. The molecule has 0 bridgehead atoms. The van der Waals surface area contributed by atoms with E-state index < -0.39 is 29.1 Å². The van der Waals surface area contributed by atoms with Gasteiger partial charge < -0.3 is 19.9 Å². The van der Waals surface area contributed by atoms with Gasteiger partial charge in [0.15, 0.2) is 17.4 Å². The zero-order valence-corrected chi connectivity index (χ0v) is 19.8. The molecule has 1 fully saturated rings. The van der Waals surface area contributed by atoms with E-state index in [9.17, 15) is 13.6 Å². The molecule has 1 N–H and O–H groups in total. The minimum atomic E-state index is -0.936. The number of hydrogen-bond donors (Lipinski definition) is 1. The van der Waals surface area contributed by atoms with E-state index in [2.05, 4.69) is 20.2 Å². The summed E-state index contributed by atoms with van der Waals surface area (Å²) in [5.74, 6) is -3.39. The summed E-state index contributed by atoms with van der Waals surface area (Å²) in [6.45, 7) is 6.12. The normalized spacial score (nSPS) is 15.0. The minimum Gasteiger partial charge on any atom is -0.433 e. The number of carbonyl (C=O) groups is 1. The van der Waals surface area contributed by atoms with E-state index >= 15 is 4.39 Å². The van der Waals surface area contributed by atoms with Crippen molar-refractivity contribution >= 4 is 29.2 Å². The Bertz CT molecular complexity index is 1350. The summed E-state index contributed by atoms with van der Waals surface area (Å²) in [6, 6.07) is 8.24. The van der Waals surface area contributed by atoms with Crippen LogP contribution in [0.3, 0.4) is 0 Å². The third-order valence-electron chi connectivity index (χ3n) is 6.35. The second-order valence-electron chi connectivity index (χ2n) is 8.84. The van der Waals surface area contributed by atoms with E-state index in [-0.39, 0.29) is 22.9 Å². The van der Waals surface area contributed by atoms with Crippen molar-refractivity contribution in [3.63, 3.8) is 0 Å². The fraction of sp³-hybridized carbons (Fsp3) is 0.269. The van der Waals surface area contributed by atoms with Crippen LogP contribution in [0, 0.1) is 17.5 Å². The number of fused-ring (bicyclic) bond motifs is 1. The smallest absolute Gasteiger partial charge is 0.261 e. The Hall–Kier alpha value is -4.08.